The molecule has 1 fully saturated rings. The van der Waals surface area contributed by atoms with E-state index in [9.17, 15) is 4.79 Å². The van der Waals surface area contributed by atoms with E-state index in [0.717, 1.165) is 38.3 Å². The number of ether oxygens (including phenoxy) is 1. The number of likely N-dealkylation sites (tertiary alicyclic amines) is 1. The first-order valence-corrected chi connectivity index (χ1v) is 11.0. The summed E-state index contributed by atoms with van der Waals surface area (Å²) in [5, 5.41) is 10.4. The molecule has 1 unspecified atom stereocenters. The monoisotopic (exact) mass is 461 g/mol. The summed E-state index contributed by atoms with van der Waals surface area (Å²) in [4.78, 5) is 15.0. The van der Waals surface area contributed by atoms with E-state index >= 15 is 0 Å². The number of anilines is 2. The van der Waals surface area contributed by atoms with Crippen molar-refractivity contribution in [2.24, 2.45) is 5.92 Å². The molecular weight excluding hydrogens is 434 g/mol. The summed E-state index contributed by atoms with van der Waals surface area (Å²) in [7, 11) is 1.50. The van der Waals surface area contributed by atoms with Crippen molar-refractivity contribution in [1.82, 2.24) is 15.5 Å². The zero-order valence-electron chi connectivity index (χ0n) is 17.5. The van der Waals surface area contributed by atoms with E-state index in [1.807, 2.05) is 30.3 Å². The van der Waals surface area contributed by atoms with Gasteiger partial charge in [0.25, 0.3) is 5.91 Å². The molecule has 0 aromatic heterocycles. The van der Waals surface area contributed by atoms with Gasteiger partial charge >= 0.3 is 0 Å². The highest BCUT2D eigenvalue weighted by atomic mass is 35.5. The highest BCUT2D eigenvalue weighted by molar-refractivity contribution is 7.80. The standard InChI is InChI=1S/C22H28ClN5O2S/c1-30-20-12-19(24)18(23)11-17(20)21(29)26-13-15-7-9-28(14-15)10-8-25-22(31)27-16-5-3-2-4-6-16/h2-6,11-12,15H,7-10,13-14,24H2,1H3,(H,26,29)(H2,25,27,31). The Morgan fingerprint density at radius 3 is 2.81 bits per heavy atom. The van der Waals surface area contributed by atoms with Crippen LogP contribution in [0.3, 0.4) is 0 Å². The van der Waals surface area contributed by atoms with Crippen LogP contribution in [0.25, 0.3) is 0 Å². The Bertz CT molecular complexity index is 912. The van der Waals surface area contributed by atoms with Gasteiger partial charge in [0.05, 0.1) is 23.4 Å². The van der Waals surface area contributed by atoms with E-state index in [-0.39, 0.29) is 5.91 Å². The van der Waals surface area contributed by atoms with Crippen molar-refractivity contribution in [3.8, 4) is 5.75 Å². The molecule has 1 saturated heterocycles. The fraction of sp³-hybridized carbons (Fsp3) is 0.364. The first-order chi connectivity index (χ1) is 15.0. The van der Waals surface area contributed by atoms with Gasteiger partial charge in [-0.05, 0) is 49.3 Å². The van der Waals surface area contributed by atoms with E-state index in [1.54, 1.807) is 12.1 Å². The molecule has 1 aliphatic rings. The molecule has 2 aromatic carbocycles. The molecule has 0 saturated carbocycles. The largest absolute Gasteiger partial charge is 0.496 e. The number of thiocarbonyl (C=S) groups is 1. The highest BCUT2D eigenvalue weighted by Gasteiger charge is 2.23. The number of para-hydroxylation sites is 1. The zero-order chi connectivity index (χ0) is 22.2. The molecule has 1 aliphatic heterocycles. The second-order valence-electron chi connectivity index (χ2n) is 7.49. The molecule has 7 nitrogen and oxygen atoms in total. The zero-order valence-corrected chi connectivity index (χ0v) is 19.1. The quantitative estimate of drug-likeness (QED) is 0.355. The number of hydrogen-bond acceptors (Lipinski definition) is 5. The van der Waals surface area contributed by atoms with Crippen LogP contribution < -0.4 is 26.4 Å². The molecule has 0 spiro atoms. The molecule has 166 valence electrons. The van der Waals surface area contributed by atoms with E-state index in [4.69, 9.17) is 34.3 Å². The van der Waals surface area contributed by atoms with Crippen LogP contribution in [0.5, 0.6) is 5.75 Å². The van der Waals surface area contributed by atoms with Crippen molar-refractivity contribution in [3.05, 3.63) is 53.1 Å². The lowest BCUT2D eigenvalue weighted by Gasteiger charge is -2.18. The molecule has 3 rings (SSSR count). The molecule has 1 atom stereocenters. The van der Waals surface area contributed by atoms with Crippen molar-refractivity contribution in [2.75, 3.05) is 50.9 Å². The number of carbonyl (C=O) groups excluding carboxylic acids is 1. The Morgan fingerprint density at radius 1 is 1.29 bits per heavy atom. The number of nitrogens with one attached hydrogen (secondary N) is 3. The van der Waals surface area contributed by atoms with E-state index in [1.165, 1.54) is 7.11 Å². The fourth-order valence-corrected chi connectivity index (χ4v) is 3.94. The maximum absolute atomic E-state index is 12.6. The second-order valence-corrected chi connectivity index (χ2v) is 8.30. The predicted octanol–water partition coefficient (Wildman–Crippen LogP) is 2.97. The topological polar surface area (TPSA) is 91.6 Å². The number of hydrogen-bond donors (Lipinski definition) is 4. The Hall–Kier alpha value is -2.55. The van der Waals surface area contributed by atoms with Gasteiger partial charge in [-0.25, -0.2) is 0 Å². The van der Waals surface area contributed by atoms with Crippen molar-refractivity contribution in [1.29, 1.82) is 0 Å². The maximum Gasteiger partial charge on any atom is 0.255 e. The molecule has 0 radical (unpaired) electrons. The van der Waals surface area contributed by atoms with E-state index < -0.39 is 0 Å². The lowest BCUT2D eigenvalue weighted by molar-refractivity contribution is 0.0944. The smallest absolute Gasteiger partial charge is 0.255 e. The number of nitrogens with zero attached hydrogens (tertiary/aromatic N) is 1. The normalized spacial score (nSPS) is 16.0. The number of benzene rings is 2. The summed E-state index contributed by atoms with van der Waals surface area (Å²) < 4.78 is 5.26. The minimum atomic E-state index is -0.212. The minimum absolute atomic E-state index is 0.212. The Morgan fingerprint density at radius 2 is 2.06 bits per heavy atom. The van der Waals surface area contributed by atoms with Gasteiger partial charge in [-0.1, -0.05) is 29.8 Å². The van der Waals surface area contributed by atoms with E-state index in [2.05, 4.69) is 20.9 Å². The number of halogens is 1. The number of carbonyl (C=O) groups is 1. The number of nitrogen functional groups attached to an aromatic ring is 1. The predicted molar refractivity (Wildman–Crippen MR) is 130 cm³/mol. The van der Waals surface area contributed by atoms with Crippen molar-refractivity contribution in [3.63, 3.8) is 0 Å². The summed E-state index contributed by atoms with van der Waals surface area (Å²) in [5.41, 5.74) is 7.53. The molecule has 31 heavy (non-hydrogen) atoms. The molecule has 9 heteroatoms. The third kappa shape index (κ3) is 6.72. The fourth-order valence-electron chi connectivity index (χ4n) is 3.55. The summed E-state index contributed by atoms with van der Waals surface area (Å²) in [6, 6.07) is 13.0. The molecular formula is C22H28ClN5O2S. The van der Waals surface area contributed by atoms with Crippen molar-refractivity contribution < 1.29 is 9.53 Å². The summed E-state index contributed by atoms with van der Waals surface area (Å²) in [6.07, 6.45) is 1.03. The second kappa shape index (κ2) is 11.2. The van der Waals surface area contributed by atoms with Gasteiger partial charge in [-0.2, -0.15) is 0 Å². The molecule has 0 aliphatic carbocycles. The van der Waals surface area contributed by atoms with Gasteiger partial charge in [0.2, 0.25) is 0 Å². The van der Waals surface area contributed by atoms with Crippen LogP contribution in [0.4, 0.5) is 11.4 Å². The summed E-state index contributed by atoms with van der Waals surface area (Å²) >= 11 is 11.4. The Kier molecular flexibility index (Phi) is 8.34. The number of amides is 1. The Labute approximate surface area is 193 Å². The van der Waals surface area contributed by atoms with Gasteiger partial charge in [0, 0.05) is 37.9 Å². The third-order valence-corrected chi connectivity index (χ3v) is 5.80. The van der Waals surface area contributed by atoms with Gasteiger partial charge in [-0.15, -0.1) is 0 Å². The van der Waals surface area contributed by atoms with Crippen LogP contribution >= 0.6 is 23.8 Å². The summed E-state index contributed by atoms with van der Waals surface area (Å²) in [5.74, 6) is 0.600. The maximum atomic E-state index is 12.6. The highest BCUT2D eigenvalue weighted by Crippen LogP contribution is 2.28. The van der Waals surface area contributed by atoms with Crippen LogP contribution in [-0.2, 0) is 0 Å². The number of rotatable bonds is 8. The molecule has 0 bridgehead atoms. The van der Waals surface area contributed by atoms with Crippen LogP contribution in [0, 0.1) is 5.92 Å². The summed E-state index contributed by atoms with van der Waals surface area (Å²) in [6.45, 7) is 4.18. The van der Waals surface area contributed by atoms with Crippen molar-refractivity contribution >= 4 is 46.2 Å². The first kappa shape index (κ1) is 23.1. The van der Waals surface area contributed by atoms with Crippen LogP contribution in [0.2, 0.25) is 5.02 Å². The van der Waals surface area contributed by atoms with Gasteiger partial charge in [0.15, 0.2) is 5.11 Å². The van der Waals surface area contributed by atoms with Gasteiger partial charge in [-0.3, -0.25) is 4.79 Å². The van der Waals surface area contributed by atoms with Crippen LogP contribution in [0.1, 0.15) is 16.8 Å². The average Bonchev–Trinajstić information content (AvgIpc) is 3.22. The third-order valence-electron chi connectivity index (χ3n) is 5.23. The molecule has 2 aromatic rings. The molecule has 1 amide bonds. The van der Waals surface area contributed by atoms with Gasteiger partial charge in [0.1, 0.15) is 5.75 Å². The van der Waals surface area contributed by atoms with Gasteiger partial charge < -0.3 is 31.3 Å². The number of nitrogens with two attached hydrogens (primary N) is 1. The first-order valence-electron chi connectivity index (χ1n) is 10.2. The minimum Gasteiger partial charge on any atom is -0.496 e. The lowest BCUT2D eigenvalue weighted by Crippen LogP contribution is -2.36. The van der Waals surface area contributed by atoms with Crippen LogP contribution in [-0.4, -0.2) is 55.8 Å². The van der Waals surface area contributed by atoms with Crippen molar-refractivity contribution in [2.45, 2.75) is 6.42 Å². The SMILES string of the molecule is COc1cc(N)c(Cl)cc1C(=O)NCC1CCN(CCNC(=S)Nc2ccccc2)C1. The van der Waals surface area contributed by atoms with E-state index in [0.29, 0.717) is 39.6 Å². The average molecular weight is 462 g/mol. The number of methoxy groups -OCH3 is 1. The Balaban J connectivity index is 1.38. The molecule has 5 N–H and O–H groups in total. The van der Waals surface area contributed by atoms with Crippen LogP contribution in [0.15, 0.2) is 42.5 Å². The molecule has 1 heterocycles. The lowest BCUT2D eigenvalue weighted by atomic mass is 10.1.